The molecule has 0 atom stereocenters. The Hall–Kier alpha value is -1.65. The average molecular weight is 182 g/mol. The Morgan fingerprint density at radius 3 is 3.00 bits per heavy atom. The first kappa shape index (κ1) is 9.44. The number of rotatable bonds is 2. The van der Waals surface area contributed by atoms with Crippen LogP contribution in [0.3, 0.4) is 0 Å². The molecule has 0 aliphatic heterocycles. The second kappa shape index (κ2) is 3.84. The Morgan fingerprint density at radius 2 is 2.38 bits per heavy atom. The Kier molecular flexibility index (Phi) is 2.79. The summed E-state index contributed by atoms with van der Waals surface area (Å²) in [6.07, 6.45) is 2.82. The third-order valence-corrected chi connectivity index (χ3v) is 1.48. The lowest BCUT2D eigenvalue weighted by Gasteiger charge is -2.01. The number of carbonyl (C=O) groups is 1. The molecule has 5 heteroatoms. The molecule has 1 aromatic heterocycles. The van der Waals surface area contributed by atoms with Gasteiger partial charge in [0.1, 0.15) is 0 Å². The first-order valence-corrected chi connectivity index (χ1v) is 3.86. The maximum absolute atomic E-state index is 11.3. The Bertz CT molecular complexity index is 370. The van der Waals surface area contributed by atoms with Crippen LogP contribution in [0.1, 0.15) is 13.3 Å². The van der Waals surface area contributed by atoms with E-state index in [1.807, 2.05) is 0 Å². The number of carbonyl (C=O) groups excluding carboxylic acids is 1. The molecule has 0 amide bonds. The summed E-state index contributed by atoms with van der Waals surface area (Å²) in [6.45, 7) is 1.66. The van der Waals surface area contributed by atoms with Crippen LogP contribution in [0.15, 0.2) is 17.3 Å². The highest BCUT2D eigenvalue weighted by atomic mass is 16.5. The third-order valence-electron chi connectivity index (χ3n) is 1.48. The van der Waals surface area contributed by atoms with Crippen molar-refractivity contribution in [3.8, 4) is 5.75 Å². The summed E-state index contributed by atoms with van der Waals surface area (Å²) >= 11 is 0. The van der Waals surface area contributed by atoms with Gasteiger partial charge >= 0.3 is 5.97 Å². The lowest BCUT2D eigenvalue weighted by Crippen LogP contribution is -2.21. The van der Waals surface area contributed by atoms with E-state index in [1.54, 1.807) is 14.0 Å². The molecular formula is C8H10N2O3. The van der Waals surface area contributed by atoms with Crippen LogP contribution in [0.25, 0.3) is 0 Å². The standard InChI is InChI=1S/C8H10N2O3/c1-3-7(11)13-6-4-9-5-10(2)8(6)12/h4-5H,3H2,1-2H3. The van der Waals surface area contributed by atoms with Crippen molar-refractivity contribution in [1.29, 1.82) is 0 Å². The van der Waals surface area contributed by atoms with E-state index < -0.39 is 5.97 Å². The molecule has 1 aromatic rings. The van der Waals surface area contributed by atoms with E-state index in [4.69, 9.17) is 4.74 Å². The van der Waals surface area contributed by atoms with Gasteiger partial charge in [0.05, 0.1) is 12.5 Å². The minimum atomic E-state index is -0.440. The zero-order valence-electron chi connectivity index (χ0n) is 7.48. The van der Waals surface area contributed by atoms with Gasteiger partial charge in [0.2, 0.25) is 5.75 Å². The molecule has 13 heavy (non-hydrogen) atoms. The maximum Gasteiger partial charge on any atom is 0.311 e. The van der Waals surface area contributed by atoms with Crippen molar-refractivity contribution in [2.45, 2.75) is 13.3 Å². The summed E-state index contributed by atoms with van der Waals surface area (Å²) in [5.41, 5.74) is -0.364. The summed E-state index contributed by atoms with van der Waals surface area (Å²) < 4.78 is 5.99. The topological polar surface area (TPSA) is 61.2 Å². The molecule has 0 aliphatic carbocycles. The molecule has 0 radical (unpaired) electrons. The van der Waals surface area contributed by atoms with Crippen LogP contribution in [-0.2, 0) is 11.8 Å². The number of ether oxygens (including phenoxy) is 1. The van der Waals surface area contributed by atoms with Crippen LogP contribution in [0.4, 0.5) is 0 Å². The van der Waals surface area contributed by atoms with Crippen molar-refractivity contribution in [2.75, 3.05) is 0 Å². The number of hydrogen-bond acceptors (Lipinski definition) is 4. The minimum absolute atomic E-state index is 0.0307. The zero-order valence-corrected chi connectivity index (χ0v) is 7.48. The van der Waals surface area contributed by atoms with Gasteiger partial charge in [-0.3, -0.25) is 14.2 Å². The summed E-state index contributed by atoms with van der Waals surface area (Å²) in [6, 6.07) is 0. The van der Waals surface area contributed by atoms with E-state index in [-0.39, 0.29) is 17.7 Å². The minimum Gasteiger partial charge on any atom is -0.419 e. The van der Waals surface area contributed by atoms with Crippen LogP contribution < -0.4 is 10.3 Å². The molecule has 0 N–H and O–H groups in total. The van der Waals surface area contributed by atoms with Gasteiger partial charge in [-0.05, 0) is 0 Å². The second-order valence-electron chi connectivity index (χ2n) is 2.50. The number of aromatic nitrogens is 2. The van der Waals surface area contributed by atoms with Gasteiger partial charge in [-0.2, -0.15) is 0 Å². The zero-order chi connectivity index (χ0) is 9.84. The van der Waals surface area contributed by atoms with E-state index in [1.165, 1.54) is 17.1 Å². The first-order chi connectivity index (χ1) is 6.15. The molecule has 1 rings (SSSR count). The van der Waals surface area contributed by atoms with E-state index in [2.05, 4.69) is 4.98 Å². The lowest BCUT2D eigenvalue weighted by atomic mass is 10.5. The summed E-state index contributed by atoms with van der Waals surface area (Å²) in [5.74, 6) is -0.470. The highest BCUT2D eigenvalue weighted by Crippen LogP contribution is 1.99. The van der Waals surface area contributed by atoms with E-state index >= 15 is 0 Å². The fraction of sp³-hybridized carbons (Fsp3) is 0.375. The van der Waals surface area contributed by atoms with Gasteiger partial charge in [0.15, 0.2) is 0 Å². The summed E-state index contributed by atoms with van der Waals surface area (Å²) in [4.78, 5) is 25.8. The average Bonchev–Trinajstić information content (AvgIpc) is 2.13. The SMILES string of the molecule is CCC(=O)Oc1cncn(C)c1=O. The van der Waals surface area contributed by atoms with Crippen molar-refractivity contribution in [3.63, 3.8) is 0 Å². The molecule has 0 saturated heterocycles. The molecule has 0 saturated carbocycles. The molecule has 0 unspecified atom stereocenters. The number of hydrogen-bond donors (Lipinski definition) is 0. The molecule has 0 aliphatic rings. The van der Waals surface area contributed by atoms with Gasteiger partial charge in [0, 0.05) is 13.5 Å². The van der Waals surface area contributed by atoms with Crippen LogP contribution in [0.5, 0.6) is 5.75 Å². The predicted octanol–water partition coefficient (Wildman–Crippen LogP) is 0.0957. The van der Waals surface area contributed by atoms with Gasteiger partial charge < -0.3 is 4.74 Å². The number of nitrogens with zero attached hydrogens (tertiary/aromatic N) is 2. The Morgan fingerprint density at radius 1 is 1.69 bits per heavy atom. The molecule has 70 valence electrons. The van der Waals surface area contributed by atoms with Gasteiger partial charge in [-0.25, -0.2) is 4.98 Å². The highest BCUT2D eigenvalue weighted by molar-refractivity contribution is 5.71. The normalized spacial score (nSPS) is 9.69. The molecule has 0 fully saturated rings. The van der Waals surface area contributed by atoms with Crippen molar-refractivity contribution in [2.24, 2.45) is 7.05 Å². The van der Waals surface area contributed by atoms with Gasteiger partial charge in [-0.1, -0.05) is 6.92 Å². The van der Waals surface area contributed by atoms with E-state index in [9.17, 15) is 9.59 Å². The van der Waals surface area contributed by atoms with Crippen molar-refractivity contribution in [3.05, 3.63) is 22.9 Å². The quantitative estimate of drug-likeness (QED) is 0.608. The first-order valence-electron chi connectivity index (χ1n) is 3.86. The molecule has 0 bridgehead atoms. The van der Waals surface area contributed by atoms with Crippen LogP contribution >= 0.6 is 0 Å². The molecular weight excluding hydrogens is 172 g/mol. The smallest absolute Gasteiger partial charge is 0.311 e. The van der Waals surface area contributed by atoms with Crippen LogP contribution in [0.2, 0.25) is 0 Å². The number of esters is 1. The lowest BCUT2D eigenvalue weighted by molar-refractivity contribution is -0.134. The Balaban J connectivity index is 2.96. The van der Waals surface area contributed by atoms with Crippen LogP contribution in [0, 0.1) is 0 Å². The molecule has 1 heterocycles. The van der Waals surface area contributed by atoms with Crippen LogP contribution in [-0.4, -0.2) is 15.5 Å². The fourth-order valence-corrected chi connectivity index (χ4v) is 0.747. The summed E-state index contributed by atoms with van der Waals surface area (Å²) in [7, 11) is 1.54. The Labute approximate surface area is 75.0 Å². The third kappa shape index (κ3) is 2.14. The second-order valence-corrected chi connectivity index (χ2v) is 2.50. The fourth-order valence-electron chi connectivity index (χ4n) is 0.747. The molecule has 0 spiro atoms. The predicted molar refractivity (Wildman–Crippen MR) is 45.4 cm³/mol. The monoisotopic (exact) mass is 182 g/mol. The van der Waals surface area contributed by atoms with Gasteiger partial charge in [0.25, 0.3) is 5.56 Å². The largest absolute Gasteiger partial charge is 0.419 e. The molecule has 5 nitrogen and oxygen atoms in total. The van der Waals surface area contributed by atoms with E-state index in [0.29, 0.717) is 0 Å². The van der Waals surface area contributed by atoms with Gasteiger partial charge in [-0.15, -0.1) is 0 Å². The van der Waals surface area contributed by atoms with E-state index in [0.717, 1.165) is 0 Å². The summed E-state index contributed by atoms with van der Waals surface area (Å²) in [5, 5.41) is 0. The maximum atomic E-state index is 11.3. The highest BCUT2D eigenvalue weighted by Gasteiger charge is 2.06. The number of aryl methyl sites for hydroxylation is 1. The molecule has 0 aromatic carbocycles. The van der Waals surface area contributed by atoms with Crippen molar-refractivity contribution in [1.82, 2.24) is 9.55 Å². The van der Waals surface area contributed by atoms with Crippen molar-refractivity contribution >= 4 is 5.97 Å². The van der Waals surface area contributed by atoms with Crippen molar-refractivity contribution < 1.29 is 9.53 Å².